The molecule has 0 aromatic rings. The van der Waals surface area contributed by atoms with E-state index in [0.29, 0.717) is 12.6 Å². The molecule has 0 amide bonds. The van der Waals surface area contributed by atoms with Crippen LogP contribution in [0.5, 0.6) is 0 Å². The highest BCUT2D eigenvalue weighted by atomic mass is 32.2. The van der Waals surface area contributed by atoms with Crippen LogP contribution in [0.4, 0.5) is 0 Å². The topological polar surface area (TPSA) is 49.3 Å². The predicted molar refractivity (Wildman–Crippen MR) is 59.8 cm³/mol. The molecule has 1 fully saturated rings. The minimum atomic E-state index is -0.727. The number of carbonyl (C=O) groups is 1. The molecule has 0 spiro atoms. The van der Waals surface area contributed by atoms with Crippen molar-refractivity contribution >= 4 is 17.7 Å². The molecule has 2 N–H and O–H groups in total. The van der Waals surface area contributed by atoms with E-state index in [1.54, 1.807) is 13.8 Å². The second-order valence-corrected chi connectivity index (χ2v) is 5.68. The summed E-state index contributed by atoms with van der Waals surface area (Å²) in [6.07, 6.45) is 2.33. The van der Waals surface area contributed by atoms with Gasteiger partial charge in [0, 0.05) is 12.6 Å². The molecule has 3 nitrogen and oxygen atoms in total. The number of aliphatic carboxylic acids is 1. The van der Waals surface area contributed by atoms with Gasteiger partial charge in [0.2, 0.25) is 0 Å². The van der Waals surface area contributed by atoms with Crippen molar-refractivity contribution in [2.45, 2.75) is 32.7 Å². The van der Waals surface area contributed by atoms with Crippen molar-refractivity contribution in [3.8, 4) is 0 Å². The zero-order valence-electron chi connectivity index (χ0n) is 8.88. The van der Waals surface area contributed by atoms with Crippen LogP contribution >= 0.6 is 11.8 Å². The summed E-state index contributed by atoms with van der Waals surface area (Å²) < 4.78 is 0. The van der Waals surface area contributed by atoms with Crippen molar-refractivity contribution in [1.82, 2.24) is 5.32 Å². The van der Waals surface area contributed by atoms with Crippen LogP contribution in [-0.2, 0) is 4.79 Å². The monoisotopic (exact) mass is 217 g/mol. The van der Waals surface area contributed by atoms with Crippen molar-refractivity contribution < 1.29 is 9.90 Å². The van der Waals surface area contributed by atoms with Crippen molar-refractivity contribution in [2.75, 3.05) is 18.1 Å². The van der Waals surface area contributed by atoms with Crippen molar-refractivity contribution in [3.05, 3.63) is 0 Å². The fraction of sp³-hybridized carbons (Fsp3) is 0.900. The Balaban J connectivity index is 2.28. The van der Waals surface area contributed by atoms with E-state index >= 15 is 0 Å². The Hall–Kier alpha value is -0.220. The fourth-order valence-electron chi connectivity index (χ4n) is 1.38. The molecular weight excluding hydrogens is 198 g/mol. The molecule has 82 valence electrons. The van der Waals surface area contributed by atoms with Gasteiger partial charge in [0.05, 0.1) is 5.41 Å². The molecule has 0 bridgehead atoms. The number of hydrogen-bond donors (Lipinski definition) is 2. The number of carboxylic acids is 1. The van der Waals surface area contributed by atoms with Crippen LogP contribution in [0.2, 0.25) is 0 Å². The summed E-state index contributed by atoms with van der Waals surface area (Å²) in [5.74, 6) is 1.67. The maximum atomic E-state index is 10.8. The molecule has 4 heteroatoms. The van der Waals surface area contributed by atoms with E-state index in [2.05, 4.69) is 5.32 Å². The van der Waals surface area contributed by atoms with E-state index in [-0.39, 0.29) is 0 Å². The highest BCUT2D eigenvalue weighted by Gasteiger charge is 2.27. The van der Waals surface area contributed by atoms with Gasteiger partial charge in [-0.1, -0.05) is 0 Å². The average molecular weight is 217 g/mol. The molecule has 0 saturated carbocycles. The Labute approximate surface area is 89.6 Å². The largest absolute Gasteiger partial charge is 0.481 e. The summed E-state index contributed by atoms with van der Waals surface area (Å²) in [6, 6.07) is 0.523. The van der Waals surface area contributed by atoms with Crippen LogP contribution < -0.4 is 5.32 Å². The normalized spacial score (nSPS) is 19.6. The summed E-state index contributed by atoms with van der Waals surface area (Å²) in [4.78, 5) is 10.8. The molecule has 0 unspecified atom stereocenters. The third-order valence-electron chi connectivity index (χ3n) is 2.63. The summed E-state index contributed by atoms with van der Waals surface area (Å²) in [6.45, 7) is 4.09. The molecule has 0 aromatic heterocycles. The van der Waals surface area contributed by atoms with Gasteiger partial charge in [-0.05, 0) is 38.2 Å². The van der Waals surface area contributed by atoms with Gasteiger partial charge in [-0.2, -0.15) is 11.8 Å². The molecule has 14 heavy (non-hydrogen) atoms. The van der Waals surface area contributed by atoms with Gasteiger partial charge in [-0.3, -0.25) is 4.79 Å². The van der Waals surface area contributed by atoms with E-state index in [9.17, 15) is 4.79 Å². The SMILES string of the molecule is CC(C)(CNC1CCSCC1)C(=O)O. The molecule has 1 aliphatic rings. The standard InChI is InChI=1S/C10H19NO2S/c1-10(2,9(12)13)7-11-8-3-5-14-6-4-8/h8,11H,3-7H2,1-2H3,(H,12,13). The second kappa shape index (κ2) is 5.03. The zero-order chi connectivity index (χ0) is 10.6. The second-order valence-electron chi connectivity index (χ2n) is 4.46. The van der Waals surface area contributed by atoms with Crippen LogP contribution in [0.15, 0.2) is 0 Å². The van der Waals surface area contributed by atoms with E-state index in [1.165, 1.54) is 24.3 Å². The quantitative estimate of drug-likeness (QED) is 0.750. The van der Waals surface area contributed by atoms with E-state index in [0.717, 1.165) is 0 Å². The molecule has 0 radical (unpaired) electrons. The third kappa shape index (κ3) is 3.50. The van der Waals surface area contributed by atoms with Crippen molar-refractivity contribution in [2.24, 2.45) is 5.41 Å². The van der Waals surface area contributed by atoms with Crippen LogP contribution in [0.1, 0.15) is 26.7 Å². The molecular formula is C10H19NO2S. The van der Waals surface area contributed by atoms with Crippen LogP contribution in [0, 0.1) is 5.41 Å². The smallest absolute Gasteiger partial charge is 0.310 e. The van der Waals surface area contributed by atoms with Gasteiger partial charge in [0.25, 0.3) is 0 Å². The van der Waals surface area contributed by atoms with Crippen molar-refractivity contribution in [1.29, 1.82) is 0 Å². The number of carboxylic acid groups (broad SMARTS) is 1. The Morgan fingerprint density at radius 2 is 2.07 bits per heavy atom. The lowest BCUT2D eigenvalue weighted by Crippen LogP contribution is -2.42. The Morgan fingerprint density at radius 1 is 1.50 bits per heavy atom. The van der Waals surface area contributed by atoms with Gasteiger partial charge in [-0.25, -0.2) is 0 Å². The lowest BCUT2D eigenvalue weighted by atomic mass is 9.93. The third-order valence-corrected chi connectivity index (χ3v) is 3.68. The highest BCUT2D eigenvalue weighted by molar-refractivity contribution is 7.99. The van der Waals surface area contributed by atoms with E-state index in [1.807, 2.05) is 11.8 Å². The first kappa shape index (κ1) is 11.9. The van der Waals surface area contributed by atoms with Gasteiger partial charge < -0.3 is 10.4 Å². The lowest BCUT2D eigenvalue weighted by Gasteiger charge is -2.27. The van der Waals surface area contributed by atoms with E-state index < -0.39 is 11.4 Å². The van der Waals surface area contributed by atoms with Crippen LogP contribution in [0.25, 0.3) is 0 Å². The first-order valence-corrected chi connectivity index (χ1v) is 6.22. The lowest BCUT2D eigenvalue weighted by molar-refractivity contribution is -0.146. The Morgan fingerprint density at radius 3 is 2.57 bits per heavy atom. The van der Waals surface area contributed by atoms with Gasteiger partial charge in [-0.15, -0.1) is 0 Å². The van der Waals surface area contributed by atoms with Crippen molar-refractivity contribution in [3.63, 3.8) is 0 Å². The van der Waals surface area contributed by atoms with Crippen LogP contribution in [0.3, 0.4) is 0 Å². The molecule has 0 aromatic carbocycles. The minimum absolute atomic E-state index is 0.523. The maximum absolute atomic E-state index is 10.8. The summed E-state index contributed by atoms with van der Waals surface area (Å²) >= 11 is 1.98. The van der Waals surface area contributed by atoms with Gasteiger partial charge in [0.15, 0.2) is 0 Å². The predicted octanol–water partition coefficient (Wildman–Crippen LogP) is 1.58. The number of thioether (sulfide) groups is 1. The fourth-order valence-corrected chi connectivity index (χ4v) is 2.48. The summed E-state index contributed by atoms with van der Waals surface area (Å²) in [7, 11) is 0. The average Bonchev–Trinajstić information content (AvgIpc) is 2.16. The molecule has 1 rings (SSSR count). The Kier molecular flexibility index (Phi) is 4.26. The van der Waals surface area contributed by atoms with Crippen LogP contribution in [-0.4, -0.2) is 35.2 Å². The number of rotatable bonds is 4. The molecule has 1 saturated heterocycles. The Bertz CT molecular complexity index is 200. The zero-order valence-corrected chi connectivity index (χ0v) is 9.69. The maximum Gasteiger partial charge on any atom is 0.310 e. The molecule has 1 aliphatic heterocycles. The summed E-state index contributed by atoms with van der Waals surface area (Å²) in [5.41, 5.74) is -0.648. The van der Waals surface area contributed by atoms with Gasteiger partial charge in [0.1, 0.15) is 0 Å². The molecule has 0 aliphatic carbocycles. The minimum Gasteiger partial charge on any atom is -0.481 e. The molecule has 0 atom stereocenters. The number of nitrogens with one attached hydrogen (secondary N) is 1. The first-order chi connectivity index (χ1) is 6.52. The highest BCUT2D eigenvalue weighted by Crippen LogP contribution is 2.19. The molecule has 1 heterocycles. The first-order valence-electron chi connectivity index (χ1n) is 5.07. The van der Waals surface area contributed by atoms with E-state index in [4.69, 9.17) is 5.11 Å². The number of hydrogen-bond acceptors (Lipinski definition) is 3. The summed E-state index contributed by atoms with van der Waals surface area (Å²) in [5, 5.41) is 12.3. The van der Waals surface area contributed by atoms with Gasteiger partial charge >= 0.3 is 5.97 Å².